The Morgan fingerprint density at radius 1 is 1.47 bits per heavy atom. The van der Waals surface area contributed by atoms with Crippen LogP contribution in [0.2, 0.25) is 0 Å². The molecule has 3 unspecified atom stereocenters. The van der Waals surface area contributed by atoms with Crippen LogP contribution in [-0.4, -0.2) is 55.2 Å². The first-order chi connectivity index (χ1) is 9.10. The molecule has 1 saturated heterocycles. The van der Waals surface area contributed by atoms with Gasteiger partial charge in [0, 0.05) is 32.3 Å². The molecule has 0 spiro atoms. The molecule has 1 aliphatic heterocycles. The fourth-order valence-electron chi connectivity index (χ4n) is 2.86. The van der Waals surface area contributed by atoms with Crippen molar-refractivity contribution in [2.24, 2.45) is 5.73 Å². The summed E-state index contributed by atoms with van der Waals surface area (Å²) in [5.41, 5.74) is 5.47. The Kier molecular flexibility index (Phi) is 5.19. The number of methoxy groups -OCH3 is 1. The first kappa shape index (κ1) is 14.8. The van der Waals surface area contributed by atoms with Gasteiger partial charge in [-0.1, -0.05) is 0 Å². The Hall–Kier alpha value is -0.650. The Bertz CT molecular complexity index is 307. The van der Waals surface area contributed by atoms with Gasteiger partial charge in [0.2, 0.25) is 5.91 Å². The van der Waals surface area contributed by atoms with E-state index in [4.69, 9.17) is 10.5 Å². The third-order valence-corrected chi connectivity index (χ3v) is 4.36. The summed E-state index contributed by atoms with van der Waals surface area (Å²) in [6.45, 7) is 4.22. The molecule has 2 rings (SSSR count). The smallest absolute Gasteiger partial charge is 0.234 e. The molecule has 1 aliphatic carbocycles. The highest BCUT2D eigenvalue weighted by molar-refractivity contribution is 5.79. The van der Waals surface area contributed by atoms with Crippen molar-refractivity contribution in [3.63, 3.8) is 0 Å². The van der Waals surface area contributed by atoms with E-state index in [1.807, 2.05) is 0 Å². The van der Waals surface area contributed by atoms with Crippen molar-refractivity contribution in [2.45, 2.75) is 63.3 Å². The number of nitrogens with one attached hydrogen (secondary N) is 1. The quantitative estimate of drug-likeness (QED) is 0.705. The van der Waals surface area contributed by atoms with Crippen LogP contribution < -0.4 is 11.1 Å². The summed E-state index contributed by atoms with van der Waals surface area (Å²) in [7, 11) is 1.79. The molecular formula is C14H27N3O2. The molecule has 0 radical (unpaired) electrons. The Morgan fingerprint density at radius 2 is 2.21 bits per heavy atom. The molecule has 3 atom stereocenters. The zero-order valence-electron chi connectivity index (χ0n) is 12.1. The number of nitrogens with two attached hydrogens (primary N) is 1. The van der Waals surface area contributed by atoms with Crippen LogP contribution in [-0.2, 0) is 9.53 Å². The Labute approximate surface area is 115 Å². The van der Waals surface area contributed by atoms with E-state index in [1.165, 1.54) is 12.8 Å². The van der Waals surface area contributed by atoms with E-state index < -0.39 is 0 Å². The molecule has 1 heterocycles. The second-order valence-corrected chi connectivity index (χ2v) is 5.95. The summed E-state index contributed by atoms with van der Waals surface area (Å²) < 4.78 is 5.42. The number of hydrogen-bond donors (Lipinski definition) is 2. The van der Waals surface area contributed by atoms with Crippen molar-refractivity contribution in [3.05, 3.63) is 0 Å². The lowest BCUT2D eigenvalue weighted by Gasteiger charge is -2.37. The van der Waals surface area contributed by atoms with E-state index in [0.717, 1.165) is 32.4 Å². The predicted octanol–water partition coefficient (Wildman–Crippen LogP) is 0.482. The van der Waals surface area contributed by atoms with Gasteiger partial charge in [0.15, 0.2) is 0 Å². The van der Waals surface area contributed by atoms with Gasteiger partial charge in [-0.15, -0.1) is 0 Å². The van der Waals surface area contributed by atoms with Gasteiger partial charge in [0.05, 0.1) is 12.1 Å². The van der Waals surface area contributed by atoms with E-state index in [-0.39, 0.29) is 11.9 Å². The maximum atomic E-state index is 11.4. The first-order valence-electron chi connectivity index (χ1n) is 7.42. The number of hydrogen-bond acceptors (Lipinski definition) is 4. The average molecular weight is 269 g/mol. The van der Waals surface area contributed by atoms with Crippen LogP contribution in [0.3, 0.4) is 0 Å². The van der Waals surface area contributed by atoms with Gasteiger partial charge in [-0.25, -0.2) is 0 Å². The number of primary amides is 1. The van der Waals surface area contributed by atoms with E-state index >= 15 is 0 Å². The number of carbonyl (C=O) groups is 1. The normalized spacial score (nSPS) is 30.2. The van der Waals surface area contributed by atoms with Crippen molar-refractivity contribution >= 4 is 5.91 Å². The predicted molar refractivity (Wildman–Crippen MR) is 74.8 cm³/mol. The zero-order chi connectivity index (χ0) is 13.8. The van der Waals surface area contributed by atoms with Crippen LogP contribution in [0.4, 0.5) is 0 Å². The number of carbonyl (C=O) groups excluding carboxylic acids is 1. The molecule has 0 aromatic heterocycles. The van der Waals surface area contributed by atoms with Crippen LogP contribution >= 0.6 is 0 Å². The summed E-state index contributed by atoms with van der Waals surface area (Å²) in [5, 5.41) is 3.34. The van der Waals surface area contributed by atoms with E-state index in [2.05, 4.69) is 17.1 Å². The second kappa shape index (κ2) is 6.68. The number of likely N-dealkylation sites (tertiary alicyclic amines) is 1. The molecule has 3 N–H and O–H groups in total. The molecule has 2 aliphatic rings. The largest absolute Gasteiger partial charge is 0.381 e. The van der Waals surface area contributed by atoms with E-state index in [0.29, 0.717) is 18.2 Å². The van der Waals surface area contributed by atoms with E-state index in [9.17, 15) is 4.79 Å². The van der Waals surface area contributed by atoms with Gasteiger partial charge in [0.25, 0.3) is 0 Å². The molecular weight excluding hydrogens is 242 g/mol. The third-order valence-electron chi connectivity index (χ3n) is 4.36. The van der Waals surface area contributed by atoms with Gasteiger partial charge in [-0.05, 0) is 39.0 Å². The summed E-state index contributed by atoms with van der Waals surface area (Å²) in [5.74, 6) is -0.216. The fourth-order valence-corrected chi connectivity index (χ4v) is 2.86. The highest BCUT2D eigenvalue weighted by Crippen LogP contribution is 2.22. The number of nitrogens with zero attached hydrogens (tertiary/aromatic N) is 1. The van der Waals surface area contributed by atoms with Crippen molar-refractivity contribution in [2.75, 3.05) is 20.2 Å². The van der Waals surface area contributed by atoms with Crippen LogP contribution in [0.15, 0.2) is 0 Å². The number of rotatable bonds is 7. The average Bonchev–Trinajstić information content (AvgIpc) is 3.19. The molecule has 0 aromatic rings. The lowest BCUT2D eigenvalue weighted by Crippen LogP contribution is -2.48. The van der Waals surface area contributed by atoms with Crippen molar-refractivity contribution in [1.82, 2.24) is 10.2 Å². The summed E-state index contributed by atoms with van der Waals surface area (Å²) in [6, 6.07) is 0.877. The maximum Gasteiger partial charge on any atom is 0.234 e. The molecule has 0 aromatic carbocycles. The molecule has 0 bridgehead atoms. The van der Waals surface area contributed by atoms with Crippen LogP contribution in [0.5, 0.6) is 0 Å². The van der Waals surface area contributed by atoms with Gasteiger partial charge < -0.3 is 20.7 Å². The number of ether oxygens (including phenoxy) is 1. The van der Waals surface area contributed by atoms with Crippen molar-refractivity contribution in [3.8, 4) is 0 Å². The Morgan fingerprint density at radius 3 is 2.74 bits per heavy atom. The molecule has 2 fully saturated rings. The Balaban J connectivity index is 1.75. The summed E-state index contributed by atoms with van der Waals surface area (Å²) in [4.78, 5) is 13.9. The second-order valence-electron chi connectivity index (χ2n) is 5.95. The zero-order valence-corrected chi connectivity index (χ0v) is 12.1. The third kappa shape index (κ3) is 4.44. The molecule has 19 heavy (non-hydrogen) atoms. The highest BCUT2D eigenvalue weighted by Gasteiger charge is 2.29. The van der Waals surface area contributed by atoms with Gasteiger partial charge in [-0.2, -0.15) is 0 Å². The first-order valence-corrected chi connectivity index (χ1v) is 7.42. The molecule has 110 valence electrons. The van der Waals surface area contributed by atoms with Gasteiger partial charge in [-0.3, -0.25) is 4.79 Å². The molecule has 5 nitrogen and oxygen atoms in total. The SMILES string of the molecule is COC1CCN(CCC(NC2CC2)C(N)=O)C(C)C1. The summed E-state index contributed by atoms with van der Waals surface area (Å²) in [6.07, 6.45) is 5.72. The topological polar surface area (TPSA) is 67.6 Å². The minimum absolute atomic E-state index is 0.167. The van der Waals surface area contributed by atoms with E-state index in [1.54, 1.807) is 7.11 Å². The van der Waals surface area contributed by atoms with Crippen LogP contribution in [0, 0.1) is 0 Å². The van der Waals surface area contributed by atoms with Crippen molar-refractivity contribution in [1.29, 1.82) is 0 Å². The minimum Gasteiger partial charge on any atom is -0.381 e. The minimum atomic E-state index is -0.216. The number of piperidine rings is 1. The maximum absolute atomic E-state index is 11.4. The number of amides is 1. The molecule has 1 amide bonds. The van der Waals surface area contributed by atoms with Crippen molar-refractivity contribution < 1.29 is 9.53 Å². The van der Waals surface area contributed by atoms with Gasteiger partial charge in [0.1, 0.15) is 0 Å². The van der Waals surface area contributed by atoms with Crippen LogP contribution in [0.1, 0.15) is 39.0 Å². The fraction of sp³-hybridized carbons (Fsp3) is 0.929. The highest BCUT2D eigenvalue weighted by atomic mass is 16.5. The van der Waals surface area contributed by atoms with Gasteiger partial charge >= 0.3 is 0 Å². The lowest BCUT2D eigenvalue weighted by atomic mass is 10.00. The molecule has 1 saturated carbocycles. The molecule has 5 heteroatoms. The lowest BCUT2D eigenvalue weighted by molar-refractivity contribution is -0.120. The summed E-state index contributed by atoms with van der Waals surface area (Å²) >= 11 is 0. The monoisotopic (exact) mass is 269 g/mol. The standard InChI is InChI=1S/C14H27N3O2/c1-10-9-12(19-2)5-7-17(10)8-6-13(14(15)18)16-11-3-4-11/h10-13,16H,3-9H2,1-2H3,(H2,15,18). The van der Waals surface area contributed by atoms with Crippen LogP contribution in [0.25, 0.3) is 0 Å².